The Balaban J connectivity index is 2.17. The summed E-state index contributed by atoms with van der Waals surface area (Å²) in [6, 6.07) is 7.69. The minimum atomic E-state index is -0.195. The van der Waals surface area contributed by atoms with Crippen molar-refractivity contribution < 1.29 is 9.26 Å². The molecule has 0 aliphatic carbocycles. The van der Waals surface area contributed by atoms with Gasteiger partial charge in [-0.15, -0.1) is 0 Å². The van der Waals surface area contributed by atoms with E-state index in [9.17, 15) is 0 Å². The number of rotatable bonds is 3. The number of benzene rings is 1. The molecule has 0 aliphatic heterocycles. The quantitative estimate of drug-likeness (QED) is 0.742. The lowest BCUT2D eigenvalue weighted by molar-refractivity contribution is 0.329. The van der Waals surface area contributed by atoms with Crippen molar-refractivity contribution in [2.24, 2.45) is 0 Å². The van der Waals surface area contributed by atoms with Crippen LogP contribution in [0.1, 0.15) is 26.5 Å². The molecule has 0 atom stereocenters. The van der Waals surface area contributed by atoms with Gasteiger partial charge < -0.3 is 9.26 Å². The lowest BCUT2D eigenvalue weighted by atomic mass is 9.91. The van der Waals surface area contributed by atoms with Gasteiger partial charge in [-0.3, -0.25) is 0 Å². The summed E-state index contributed by atoms with van der Waals surface area (Å²) in [5.74, 6) is 1.56. The smallest absolute Gasteiger partial charge is 0.168 e. The Morgan fingerprint density at radius 1 is 1.14 bits per heavy atom. The van der Waals surface area contributed by atoms with Crippen LogP contribution in [0.25, 0.3) is 16.9 Å². The average molecular weight is 298 g/mol. The van der Waals surface area contributed by atoms with Gasteiger partial charge in [0.1, 0.15) is 29.8 Å². The predicted octanol–water partition coefficient (Wildman–Crippen LogP) is 3.23. The molecule has 0 fully saturated rings. The van der Waals surface area contributed by atoms with E-state index in [0.29, 0.717) is 0 Å². The van der Waals surface area contributed by atoms with Gasteiger partial charge in [-0.1, -0.05) is 25.9 Å². The Hall–Kier alpha value is -2.63. The van der Waals surface area contributed by atoms with Gasteiger partial charge in [-0.25, -0.2) is 9.67 Å². The molecule has 0 saturated carbocycles. The molecular formula is C16H18N4O2. The SMILES string of the molecule is COc1ccc(-c2noc(C(C)(C)C)c2-n2cncn2)cc1. The van der Waals surface area contributed by atoms with E-state index >= 15 is 0 Å². The molecule has 6 heteroatoms. The summed E-state index contributed by atoms with van der Waals surface area (Å²) in [6.07, 6.45) is 3.14. The Kier molecular flexibility index (Phi) is 3.44. The van der Waals surface area contributed by atoms with Crippen molar-refractivity contribution >= 4 is 0 Å². The van der Waals surface area contributed by atoms with E-state index in [1.54, 1.807) is 18.1 Å². The van der Waals surface area contributed by atoms with Crippen LogP contribution in [0.15, 0.2) is 41.4 Å². The Bertz CT molecular complexity index is 753. The van der Waals surface area contributed by atoms with Crippen molar-refractivity contribution in [3.8, 4) is 22.7 Å². The van der Waals surface area contributed by atoms with E-state index in [1.807, 2.05) is 24.3 Å². The molecule has 114 valence electrons. The molecule has 0 saturated heterocycles. The Labute approximate surface area is 128 Å². The van der Waals surface area contributed by atoms with Crippen molar-refractivity contribution in [1.29, 1.82) is 0 Å². The van der Waals surface area contributed by atoms with E-state index in [4.69, 9.17) is 9.26 Å². The molecule has 0 unspecified atom stereocenters. The molecule has 22 heavy (non-hydrogen) atoms. The van der Waals surface area contributed by atoms with Crippen molar-refractivity contribution in [2.45, 2.75) is 26.2 Å². The second-order valence-corrected chi connectivity index (χ2v) is 6.03. The number of hydrogen-bond donors (Lipinski definition) is 0. The molecule has 0 bridgehead atoms. The number of ether oxygens (including phenoxy) is 1. The highest BCUT2D eigenvalue weighted by molar-refractivity contribution is 5.70. The minimum absolute atomic E-state index is 0.195. The van der Waals surface area contributed by atoms with Gasteiger partial charge in [-0.05, 0) is 24.3 Å². The first kappa shape index (κ1) is 14.3. The fourth-order valence-corrected chi connectivity index (χ4v) is 2.25. The van der Waals surface area contributed by atoms with Crippen LogP contribution in [0.3, 0.4) is 0 Å². The van der Waals surface area contributed by atoms with Gasteiger partial charge in [-0.2, -0.15) is 5.10 Å². The van der Waals surface area contributed by atoms with E-state index < -0.39 is 0 Å². The summed E-state index contributed by atoms with van der Waals surface area (Å²) in [4.78, 5) is 4.03. The molecule has 1 aromatic carbocycles. The van der Waals surface area contributed by atoms with Crippen molar-refractivity contribution in [1.82, 2.24) is 19.9 Å². The predicted molar refractivity (Wildman–Crippen MR) is 82.1 cm³/mol. The maximum absolute atomic E-state index is 5.63. The van der Waals surface area contributed by atoms with Crippen LogP contribution >= 0.6 is 0 Å². The standard InChI is InChI=1S/C16H18N4O2/c1-16(2,3)15-14(20-10-17-9-18-20)13(19-22-15)11-5-7-12(21-4)8-6-11/h5-10H,1-4H3. The van der Waals surface area contributed by atoms with E-state index in [1.165, 1.54) is 6.33 Å². The normalized spacial score (nSPS) is 11.6. The second kappa shape index (κ2) is 5.29. The van der Waals surface area contributed by atoms with Gasteiger partial charge in [0.05, 0.1) is 7.11 Å². The topological polar surface area (TPSA) is 66.0 Å². The molecule has 0 radical (unpaired) electrons. The molecule has 0 N–H and O–H groups in total. The highest BCUT2D eigenvalue weighted by Crippen LogP contribution is 2.35. The first-order valence-corrected chi connectivity index (χ1v) is 7.00. The van der Waals surface area contributed by atoms with Crippen LogP contribution in [0.5, 0.6) is 5.75 Å². The van der Waals surface area contributed by atoms with Crippen molar-refractivity contribution in [2.75, 3.05) is 7.11 Å². The van der Waals surface area contributed by atoms with Gasteiger partial charge in [0.25, 0.3) is 0 Å². The molecule has 3 aromatic rings. The summed E-state index contributed by atoms with van der Waals surface area (Å²) >= 11 is 0. The van der Waals surface area contributed by atoms with Crippen molar-refractivity contribution in [3.63, 3.8) is 0 Å². The fraction of sp³-hybridized carbons (Fsp3) is 0.312. The first-order valence-electron chi connectivity index (χ1n) is 7.00. The molecule has 0 amide bonds. The number of nitrogens with zero attached hydrogens (tertiary/aromatic N) is 4. The second-order valence-electron chi connectivity index (χ2n) is 6.03. The molecule has 3 rings (SSSR count). The van der Waals surface area contributed by atoms with Crippen LogP contribution in [0, 0.1) is 0 Å². The number of aromatic nitrogens is 4. The molecular weight excluding hydrogens is 280 g/mol. The molecule has 2 heterocycles. The number of methoxy groups -OCH3 is 1. The van der Waals surface area contributed by atoms with E-state index in [0.717, 1.165) is 28.5 Å². The molecule has 0 aliphatic rings. The van der Waals surface area contributed by atoms with Gasteiger partial charge in [0, 0.05) is 11.0 Å². The van der Waals surface area contributed by atoms with Crippen molar-refractivity contribution in [3.05, 3.63) is 42.7 Å². The first-order chi connectivity index (χ1) is 10.5. The van der Waals surface area contributed by atoms with Gasteiger partial charge >= 0.3 is 0 Å². The third-order valence-corrected chi connectivity index (χ3v) is 3.36. The fourth-order valence-electron chi connectivity index (χ4n) is 2.25. The average Bonchev–Trinajstić information content (AvgIpc) is 3.15. The Morgan fingerprint density at radius 2 is 1.86 bits per heavy atom. The Morgan fingerprint density at radius 3 is 2.41 bits per heavy atom. The monoisotopic (exact) mass is 298 g/mol. The van der Waals surface area contributed by atoms with Crippen LogP contribution in [0.2, 0.25) is 0 Å². The van der Waals surface area contributed by atoms with Crippen LogP contribution < -0.4 is 4.74 Å². The largest absolute Gasteiger partial charge is 0.497 e. The lowest BCUT2D eigenvalue weighted by Gasteiger charge is -2.16. The zero-order valence-corrected chi connectivity index (χ0v) is 13.1. The third kappa shape index (κ3) is 2.47. The molecule has 2 aromatic heterocycles. The summed E-state index contributed by atoms with van der Waals surface area (Å²) in [5, 5.41) is 8.49. The lowest BCUT2D eigenvalue weighted by Crippen LogP contribution is -2.14. The van der Waals surface area contributed by atoms with Gasteiger partial charge in [0.15, 0.2) is 5.76 Å². The van der Waals surface area contributed by atoms with Gasteiger partial charge in [0.2, 0.25) is 0 Å². The minimum Gasteiger partial charge on any atom is -0.497 e. The van der Waals surface area contributed by atoms with E-state index in [2.05, 4.69) is 36.0 Å². The van der Waals surface area contributed by atoms with E-state index in [-0.39, 0.29) is 5.41 Å². The number of hydrogen-bond acceptors (Lipinski definition) is 5. The summed E-state index contributed by atoms with van der Waals surface area (Å²) in [7, 11) is 1.64. The highest BCUT2D eigenvalue weighted by Gasteiger charge is 2.29. The molecule has 0 spiro atoms. The molecule has 6 nitrogen and oxygen atoms in total. The highest BCUT2D eigenvalue weighted by atomic mass is 16.5. The van der Waals surface area contributed by atoms with Crippen LogP contribution in [0.4, 0.5) is 0 Å². The summed E-state index contributed by atoms with van der Waals surface area (Å²) in [5.41, 5.74) is 2.29. The third-order valence-electron chi connectivity index (χ3n) is 3.36. The maximum atomic E-state index is 5.63. The zero-order valence-electron chi connectivity index (χ0n) is 13.1. The van der Waals surface area contributed by atoms with Crippen LogP contribution in [-0.4, -0.2) is 27.0 Å². The summed E-state index contributed by atoms with van der Waals surface area (Å²) < 4.78 is 12.5. The zero-order chi connectivity index (χ0) is 15.7. The maximum Gasteiger partial charge on any atom is 0.168 e. The van der Waals surface area contributed by atoms with Crippen LogP contribution in [-0.2, 0) is 5.41 Å². The summed E-state index contributed by atoms with van der Waals surface area (Å²) in [6.45, 7) is 6.23.